The van der Waals surface area contributed by atoms with Crippen LogP contribution in [0.25, 0.3) is 0 Å². The Bertz CT molecular complexity index is 576. The summed E-state index contributed by atoms with van der Waals surface area (Å²) in [6.07, 6.45) is 5.76. The molecule has 2 unspecified atom stereocenters. The van der Waals surface area contributed by atoms with Crippen LogP contribution in [0.4, 0.5) is 0 Å². The number of ether oxygens (including phenoxy) is 3. The highest BCUT2D eigenvalue weighted by Crippen LogP contribution is 2.21. The Balaban J connectivity index is 1.26. The van der Waals surface area contributed by atoms with E-state index in [2.05, 4.69) is 39.5 Å². The van der Waals surface area contributed by atoms with E-state index in [4.69, 9.17) is 14.2 Å². The number of aliphatic imine (C=N–C) groups is 1. The molecular formula is C22H35N3O3. The molecule has 1 aromatic carbocycles. The van der Waals surface area contributed by atoms with E-state index in [1.807, 2.05) is 13.1 Å². The Labute approximate surface area is 169 Å². The van der Waals surface area contributed by atoms with Crippen molar-refractivity contribution < 1.29 is 14.2 Å². The third kappa shape index (κ3) is 6.76. The van der Waals surface area contributed by atoms with Crippen molar-refractivity contribution in [2.75, 3.05) is 53.1 Å². The molecule has 28 heavy (non-hydrogen) atoms. The monoisotopic (exact) mass is 389 g/mol. The lowest BCUT2D eigenvalue weighted by Gasteiger charge is -2.37. The van der Waals surface area contributed by atoms with E-state index in [1.165, 1.54) is 5.56 Å². The van der Waals surface area contributed by atoms with Crippen molar-refractivity contribution in [1.82, 2.24) is 10.2 Å². The third-order valence-electron chi connectivity index (χ3n) is 5.36. The maximum absolute atomic E-state index is 5.93. The van der Waals surface area contributed by atoms with Crippen LogP contribution in [0.2, 0.25) is 0 Å². The van der Waals surface area contributed by atoms with E-state index in [1.54, 1.807) is 0 Å². The predicted molar refractivity (Wildman–Crippen MR) is 112 cm³/mol. The molecule has 6 heteroatoms. The molecule has 0 radical (unpaired) electrons. The zero-order valence-corrected chi connectivity index (χ0v) is 17.1. The number of guanidine groups is 1. The molecule has 2 atom stereocenters. The Morgan fingerprint density at radius 3 is 2.79 bits per heavy atom. The summed E-state index contributed by atoms with van der Waals surface area (Å²) < 4.78 is 17.5. The molecule has 6 nitrogen and oxygen atoms in total. The minimum absolute atomic E-state index is 0.160. The molecule has 0 aromatic heterocycles. The van der Waals surface area contributed by atoms with Gasteiger partial charge in [0.15, 0.2) is 5.96 Å². The van der Waals surface area contributed by atoms with Crippen molar-refractivity contribution in [2.45, 2.75) is 44.3 Å². The Kier molecular flexibility index (Phi) is 9.07. The minimum Gasteiger partial charge on any atom is -0.381 e. The molecule has 0 bridgehead atoms. The van der Waals surface area contributed by atoms with E-state index >= 15 is 0 Å². The molecule has 2 fully saturated rings. The van der Waals surface area contributed by atoms with Gasteiger partial charge >= 0.3 is 0 Å². The van der Waals surface area contributed by atoms with Gasteiger partial charge in [0.25, 0.3) is 0 Å². The largest absolute Gasteiger partial charge is 0.381 e. The number of nitrogens with one attached hydrogen (secondary N) is 1. The molecule has 0 saturated carbocycles. The topological polar surface area (TPSA) is 55.3 Å². The molecule has 2 saturated heterocycles. The zero-order valence-electron chi connectivity index (χ0n) is 17.1. The van der Waals surface area contributed by atoms with Gasteiger partial charge in [-0.05, 0) is 37.7 Å². The van der Waals surface area contributed by atoms with Crippen LogP contribution in [-0.4, -0.2) is 76.2 Å². The van der Waals surface area contributed by atoms with Gasteiger partial charge in [-0.2, -0.15) is 0 Å². The predicted octanol–water partition coefficient (Wildman–Crippen LogP) is 2.48. The van der Waals surface area contributed by atoms with Gasteiger partial charge < -0.3 is 24.4 Å². The van der Waals surface area contributed by atoms with E-state index < -0.39 is 0 Å². The quantitative estimate of drug-likeness (QED) is 0.399. The summed E-state index contributed by atoms with van der Waals surface area (Å²) in [5.41, 5.74) is 1.33. The molecule has 0 spiro atoms. The minimum atomic E-state index is 0.160. The fraction of sp³-hybridized carbons (Fsp3) is 0.682. The molecule has 0 amide bonds. The van der Waals surface area contributed by atoms with Crippen LogP contribution in [0.3, 0.4) is 0 Å². The van der Waals surface area contributed by atoms with Gasteiger partial charge in [0.2, 0.25) is 0 Å². The second-order valence-corrected chi connectivity index (χ2v) is 7.44. The summed E-state index contributed by atoms with van der Waals surface area (Å²) >= 11 is 0. The van der Waals surface area contributed by atoms with Crippen LogP contribution >= 0.6 is 0 Å². The molecule has 1 N–H and O–H groups in total. The molecule has 3 rings (SSSR count). The summed E-state index contributed by atoms with van der Waals surface area (Å²) in [6.45, 7) is 5.85. The van der Waals surface area contributed by atoms with Crippen molar-refractivity contribution in [3.8, 4) is 0 Å². The second-order valence-electron chi connectivity index (χ2n) is 7.44. The summed E-state index contributed by atoms with van der Waals surface area (Å²) in [5.74, 6) is 0.969. The SMILES string of the molecule is CN=C(NCCCCOCCc1ccccc1)N1CCOC(C2CCCO2)C1. The average molecular weight is 390 g/mol. The highest BCUT2D eigenvalue weighted by Gasteiger charge is 2.32. The first-order chi connectivity index (χ1) is 13.9. The first-order valence-corrected chi connectivity index (χ1v) is 10.7. The van der Waals surface area contributed by atoms with Crippen molar-refractivity contribution in [3.05, 3.63) is 35.9 Å². The van der Waals surface area contributed by atoms with Gasteiger partial charge in [0.05, 0.1) is 19.3 Å². The van der Waals surface area contributed by atoms with E-state index in [0.717, 1.165) is 84.1 Å². The van der Waals surface area contributed by atoms with Crippen molar-refractivity contribution >= 4 is 5.96 Å². The number of benzene rings is 1. The van der Waals surface area contributed by atoms with Crippen LogP contribution in [0.5, 0.6) is 0 Å². The fourth-order valence-corrected chi connectivity index (χ4v) is 3.79. The summed E-state index contributed by atoms with van der Waals surface area (Å²) in [4.78, 5) is 6.76. The van der Waals surface area contributed by atoms with Gasteiger partial charge in [-0.15, -0.1) is 0 Å². The number of nitrogens with zero attached hydrogens (tertiary/aromatic N) is 2. The van der Waals surface area contributed by atoms with Crippen LogP contribution in [0, 0.1) is 0 Å². The Morgan fingerprint density at radius 2 is 2.00 bits per heavy atom. The highest BCUT2D eigenvalue weighted by atomic mass is 16.5. The van der Waals surface area contributed by atoms with Crippen molar-refractivity contribution in [3.63, 3.8) is 0 Å². The van der Waals surface area contributed by atoms with Gasteiger partial charge in [-0.3, -0.25) is 4.99 Å². The molecule has 2 aliphatic heterocycles. The lowest BCUT2D eigenvalue weighted by atomic mass is 10.1. The van der Waals surface area contributed by atoms with Crippen LogP contribution < -0.4 is 5.32 Å². The van der Waals surface area contributed by atoms with Gasteiger partial charge in [0.1, 0.15) is 6.10 Å². The molecule has 2 aliphatic rings. The number of rotatable bonds is 9. The van der Waals surface area contributed by atoms with Crippen molar-refractivity contribution in [2.24, 2.45) is 4.99 Å². The van der Waals surface area contributed by atoms with Crippen molar-refractivity contribution in [1.29, 1.82) is 0 Å². The van der Waals surface area contributed by atoms with E-state index in [0.29, 0.717) is 0 Å². The molecule has 0 aliphatic carbocycles. The lowest BCUT2D eigenvalue weighted by Crippen LogP contribution is -2.53. The van der Waals surface area contributed by atoms with Gasteiger partial charge in [-0.1, -0.05) is 30.3 Å². The normalized spacial score (nSPS) is 23.2. The smallest absolute Gasteiger partial charge is 0.193 e. The summed E-state index contributed by atoms with van der Waals surface area (Å²) in [5, 5.41) is 3.49. The number of unbranched alkanes of at least 4 members (excludes halogenated alkanes) is 1. The third-order valence-corrected chi connectivity index (χ3v) is 5.36. The highest BCUT2D eigenvalue weighted by molar-refractivity contribution is 5.80. The van der Waals surface area contributed by atoms with Crippen LogP contribution in [0.1, 0.15) is 31.2 Å². The summed E-state index contributed by atoms with van der Waals surface area (Å²) in [7, 11) is 1.85. The van der Waals surface area contributed by atoms with E-state index in [9.17, 15) is 0 Å². The lowest BCUT2D eigenvalue weighted by molar-refractivity contribution is -0.0816. The Hall–Kier alpha value is -1.63. The summed E-state index contributed by atoms with van der Waals surface area (Å²) in [6, 6.07) is 10.5. The maximum Gasteiger partial charge on any atom is 0.193 e. The fourth-order valence-electron chi connectivity index (χ4n) is 3.79. The Morgan fingerprint density at radius 1 is 1.14 bits per heavy atom. The molecule has 2 heterocycles. The first kappa shape index (κ1) is 21.1. The van der Waals surface area contributed by atoms with Crippen LogP contribution in [0.15, 0.2) is 35.3 Å². The van der Waals surface area contributed by atoms with E-state index in [-0.39, 0.29) is 12.2 Å². The second kappa shape index (κ2) is 12.0. The van der Waals surface area contributed by atoms with Gasteiger partial charge in [0, 0.05) is 39.9 Å². The number of hydrogen-bond acceptors (Lipinski definition) is 4. The number of morpholine rings is 1. The molecular weight excluding hydrogens is 354 g/mol. The molecule has 1 aromatic rings. The maximum atomic E-state index is 5.93. The first-order valence-electron chi connectivity index (χ1n) is 10.7. The average Bonchev–Trinajstić information content (AvgIpc) is 3.29. The standard InChI is InChI=1S/C22H35N3O3/c1-23-22(25-13-17-28-21(18-25)20-10-7-15-27-20)24-12-5-6-14-26-16-11-19-8-3-2-4-9-19/h2-4,8-9,20-21H,5-7,10-18H2,1H3,(H,23,24). The zero-order chi connectivity index (χ0) is 19.4. The molecule has 156 valence electrons. The van der Waals surface area contributed by atoms with Gasteiger partial charge in [-0.25, -0.2) is 0 Å². The number of hydrogen-bond donors (Lipinski definition) is 1. The van der Waals surface area contributed by atoms with Crippen LogP contribution in [-0.2, 0) is 20.6 Å².